The predicted molar refractivity (Wildman–Crippen MR) is 115 cm³/mol. The molecule has 1 fully saturated rings. The summed E-state index contributed by atoms with van der Waals surface area (Å²) in [5, 5.41) is 13.3. The van der Waals surface area contributed by atoms with E-state index < -0.39 is 5.82 Å². The zero-order valence-corrected chi connectivity index (χ0v) is 17.5. The summed E-state index contributed by atoms with van der Waals surface area (Å²) in [4.78, 5) is 14.3. The van der Waals surface area contributed by atoms with E-state index in [1.165, 1.54) is 6.07 Å². The molecule has 1 amide bonds. The fourth-order valence-electron chi connectivity index (χ4n) is 3.62. The number of para-hydroxylation sites is 2. The molecule has 2 aromatic carbocycles. The number of halogens is 1. The van der Waals surface area contributed by atoms with Crippen molar-refractivity contribution in [1.29, 1.82) is 0 Å². The minimum atomic E-state index is -0.424. The van der Waals surface area contributed by atoms with Crippen molar-refractivity contribution in [2.75, 3.05) is 32.1 Å². The number of hydrogen-bond acceptors (Lipinski definition) is 6. The highest BCUT2D eigenvalue weighted by molar-refractivity contribution is 7.14. The van der Waals surface area contributed by atoms with Crippen molar-refractivity contribution in [3.8, 4) is 16.3 Å². The van der Waals surface area contributed by atoms with Gasteiger partial charge in [0.05, 0.1) is 24.9 Å². The van der Waals surface area contributed by atoms with Gasteiger partial charge in [0.15, 0.2) is 5.01 Å². The zero-order chi connectivity index (χ0) is 20.9. The van der Waals surface area contributed by atoms with Gasteiger partial charge in [-0.15, -0.1) is 10.2 Å². The number of carbonyl (C=O) groups is 1. The SMILES string of the molecule is COc1ccccc1-c1nnc(C2CCN(CC(=O)Nc3ccccc3F)CC2)s1. The largest absolute Gasteiger partial charge is 0.496 e. The number of nitrogens with one attached hydrogen (secondary N) is 1. The summed E-state index contributed by atoms with van der Waals surface area (Å²) in [6.07, 6.45) is 1.82. The average molecular weight is 427 g/mol. The summed E-state index contributed by atoms with van der Waals surface area (Å²) in [5.41, 5.74) is 1.17. The Morgan fingerprint density at radius 2 is 1.90 bits per heavy atom. The van der Waals surface area contributed by atoms with Crippen LogP contribution in [0.2, 0.25) is 0 Å². The average Bonchev–Trinajstić information content (AvgIpc) is 3.26. The van der Waals surface area contributed by atoms with Crippen LogP contribution in [0, 0.1) is 5.82 Å². The van der Waals surface area contributed by atoms with Crippen LogP contribution in [-0.4, -0.2) is 47.7 Å². The molecule has 0 radical (unpaired) electrons. The van der Waals surface area contributed by atoms with Crippen LogP contribution in [0.3, 0.4) is 0 Å². The summed E-state index contributed by atoms with van der Waals surface area (Å²) in [7, 11) is 1.65. The standard InChI is InChI=1S/C22H23FN4O2S/c1-29-19-9-5-2-6-16(19)22-26-25-21(30-22)15-10-12-27(13-11-15)14-20(28)24-18-8-4-3-7-17(18)23/h2-9,15H,10-14H2,1H3,(H,24,28). The molecule has 0 unspecified atom stereocenters. The van der Waals surface area contributed by atoms with Gasteiger partial charge >= 0.3 is 0 Å². The summed E-state index contributed by atoms with van der Waals surface area (Å²) in [5.74, 6) is 0.493. The highest BCUT2D eigenvalue weighted by atomic mass is 32.1. The van der Waals surface area contributed by atoms with E-state index in [-0.39, 0.29) is 18.1 Å². The molecular formula is C22H23FN4O2S. The molecule has 0 saturated carbocycles. The number of amides is 1. The van der Waals surface area contributed by atoms with Gasteiger partial charge in [-0.3, -0.25) is 9.69 Å². The van der Waals surface area contributed by atoms with Crippen molar-refractivity contribution in [2.24, 2.45) is 0 Å². The Kier molecular flexibility index (Phi) is 6.35. The van der Waals surface area contributed by atoms with Crippen molar-refractivity contribution in [1.82, 2.24) is 15.1 Å². The Morgan fingerprint density at radius 1 is 1.17 bits per heavy atom. The molecule has 6 nitrogen and oxygen atoms in total. The van der Waals surface area contributed by atoms with E-state index in [1.807, 2.05) is 24.3 Å². The predicted octanol–water partition coefficient (Wildman–Crippen LogP) is 4.17. The van der Waals surface area contributed by atoms with Crippen molar-refractivity contribution in [2.45, 2.75) is 18.8 Å². The number of hydrogen-bond donors (Lipinski definition) is 1. The van der Waals surface area contributed by atoms with Gasteiger partial charge in [-0.05, 0) is 50.2 Å². The van der Waals surface area contributed by atoms with E-state index in [9.17, 15) is 9.18 Å². The minimum Gasteiger partial charge on any atom is -0.496 e. The fraction of sp³-hybridized carbons (Fsp3) is 0.318. The maximum atomic E-state index is 13.7. The van der Waals surface area contributed by atoms with E-state index in [1.54, 1.807) is 36.6 Å². The Morgan fingerprint density at radius 3 is 2.67 bits per heavy atom. The maximum Gasteiger partial charge on any atom is 0.238 e. The lowest BCUT2D eigenvalue weighted by Crippen LogP contribution is -2.38. The fourth-order valence-corrected chi connectivity index (χ4v) is 4.67. The number of aromatic nitrogens is 2. The number of likely N-dealkylation sites (tertiary alicyclic amines) is 1. The molecule has 1 N–H and O–H groups in total. The Hall–Kier alpha value is -2.84. The number of carbonyl (C=O) groups excluding carboxylic acids is 1. The van der Waals surface area contributed by atoms with Crippen LogP contribution in [0.5, 0.6) is 5.75 Å². The van der Waals surface area contributed by atoms with E-state index in [4.69, 9.17) is 4.74 Å². The third-order valence-corrected chi connectivity index (χ3v) is 6.35. The summed E-state index contributed by atoms with van der Waals surface area (Å²) >= 11 is 1.60. The van der Waals surface area contributed by atoms with E-state index in [0.29, 0.717) is 5.92 Å². The summed E-state index contributed by atoms with van der Waals surface area (Å²) in [6, 6.07) is 14.0. The van der Waals surface area contributed by atoms with Crippen LogP contribution in [0.15, 0.2) is 48.5 Å². The number of anilines is 1. The second-order valence-corrected chi connectivity index (χ2v) is 8.23. The Bertz CT molecular complexity index is 1020. The van der Waals surface area contributed by atoms with Gasteiger partial charge in [-0.2, -0.15) is 0 Å². The molecule has 4 rings (SSSR count). The molecule has 156 valence electrons. The van der Waals surface area contributed by atoms with Crippen LogP contribution >= 0.6 is 11.3 Å². The number of benzene rings is 2. The molecule has 30 heavy (non-hydrogen) atoms. The van der Waals surface area contributed by atoms with Gasteiger partial charge in [-0.25, -0.2) is 4.39 Å². The smallest absolute Gasteiger partial charge is 0.238 e. The van der Waals surface area contributed by atoms with Gasteiger partial charge in [-0.1, -0.05) is 35.6 Å². The van der Waals surface area contributed by atoms with Gasteiger partial charge in [0.1, 0.15) is 16.6 Å². The van der Waals surface area contributed by atoms with Crippen molar-refractivity contribution >= 4 is 22.9 Å². The van der Waals surface area contributed by atoms with Gasteiger partial charge < -0.3 is 10.1 Å². The van der Waals surface area contributed by atoms with Crippen LogP contribution in [0.1, 0.15) is 23.8 Å². The first-order valence-electron chi connectivity index (χ1n) is 9.87. The van der Waals surface area contributed by atoms with Crippen LogP contribution in [0.4, 0.5) is 10.1 Å². The van der Waals surface area contributed by atoms with Crippen LogP contribution in [0.25, 0.3) is 10.6 Å². The number of rotatable bonds is 6. The number of ether oxygens (including phenoxy) is 1. The highest BCUT2D eigenvalue weighted by Gasteiger charge is 2.25. The number of piperidine rings is 1. The first-order valence-corrected chi connectivity index (χ1v) is 10.7. The third-order valence-electron chi connectivity index (χ3n) is 5.23. The van der Waals surface area contributed by atoms with E-state index in [0.717, 1.165) is 47.3 Å². The molecule has 0 bridgehead atoms. The molecule has 1 saturated heterocycles. The molecule has 1 aliphatic rings. The van der Waals surface area contributed by atoms with E-state index >= 15 is 0 Å². The topological polar surface area (TPSA) is 67.4 Å². The molecule has 8 heteroatoms. The Labute approximate surface area is 178 Å². The van der Waals surface area contributed by atoms with Crippen LogP contribution in [-0.2, 0) is 4.79 Å². The molecule has 2 heterocycles. The molecule has 3 aromatic rings. The van der Waals surface area contributed by atoms with Crippen molar-refractivity contribution in [3.05, 3.63) is 59.4 Å². The first kappa shape index (κ1) is 20.4. The lowest BCUT2D eigenvalue weighted by Gasteiger charge is -2.30. The normalized spacial score (nSPS) is 15.1. The molecule has 0 spiro atoms. The summed E-state index contributed by atoms with van der Waals surface area (Å²) in [6.45, 7) is 1.83. The van der Waals surface area contributed by atoms with Gasteiger partial charge in [0.2, 0.25) is 5.91 Å². The van der Waals surface area contributed by atoms with Crippen LogP contribution < -0.4 is 10.1 Å². The molecule has 0 atom stereocenters. The second kappa shape index (κ2) is 9.32. The second-order valence-electron chi connectivity index (χ2n) is 7.22. The lowest BCUT2D eigenvalue weighted by molar-refractivity contribution is -0.117. The quantitative estimate of drug-likeness (QED) is 0.641. The highest BCUT2D eigenvalue weighted by Crippen LogP contribution is 2.36. The zero-order valence-electron chi connectivity index (χ0n) is 16.7. The van der Waals surface area contributed by atoms with Crippen molar-refractivity contribution in [3.63, 3.8) is 0 Å². The molecule has 1 aromatic heterocycles. The summed E-state index contributed by atoms with van der Waals surface area (Å²) < 4.78 is 19.1. The maximum absolute atomic E-state index is 13.7. The molecular weight excluding hydrogens is 403 g/mol. The monoisotopic (exact) mass is 426 g/mol. The van der Waals surface area contributed by atoms with E-state index in [2.05, 4.69) is 20.4 Å². The lowest BCUT2D eigenvalue weighted by atomic mass is 9.98. The third kappa shape index (κ3) is 4.66. The first-order chi connectivity index (χ1) is 14.6. The number of methoxy groups -OCH3 is 1. The van der Waals surface area contributed by atoms with Gasteiger partial charge in [0, 0.05) is 5.92 Å². The van der Waals surface area contributed by atoms with Crippen molar-refractivity contribution < 1.29 is 13.9 Å². The number of nitrogens with zero attached hydrogens (tertiary/aromatic N) is 3. The Balaban J connectivity index is 1.32. The molecule has 1 aliphatic heterocycles. The minimum absolute atomic E-state index is 0.201. The molecule has 0 aliphatic carbocycles. The van der Waals surface area contributed by atoms with Gasteiger partial charge in [0.25, 0.3) is 0 Å².